The maximum Gasteiger partial charge on any atom is 0.253 e. The molecule has 1 saturated heterocycles. The summed E-state index contributed by atoms with van der Waals surface area (Å²) in [5, 5.41) is 0. The topological polar surface area (TPSA) is 58.6 Å². The highest BCUT2D eigenvalue weighted by Crippen LogP contribution is 2.28. The molecular formula is C30H37FN4O2. The number of aryl methyl sites for hydroxylation is 2. The minimum atomic E-state index is -0.342. The summed E-state index contributed by atoms with van der Waals surface area (Å²) in [4.78, 5) is 27.1. The maximum atomic E-state index is 13.3. The molecule has 0 atom stereocenters. The molecule has 6 nitrogen and oxygen atoms in total. The average Bonchev–Trinajstić information content (AvgIpc) is 2.87. The molecule has 1 fully saturated rings. The third-order valence-electron chi connectivity index (χ3n) is 6.82. The van der Waals surface area contributed by atoms with Gasteiger partial charge in [0.05, 0.1) is 12.3 Å². The van der Waals surface area contributed by atoms with Crippen molar-refractivity contribution in [1.29, 1.82) is 0 Å². The molecule has 0 unspecified atom stereocenters. The number of methoxy groups -OCH3 is 1. The van der Waals surface area contributed by atoms with E-state index < -0.39 is 0 Å². The molecule has 1 amide bonds. The molecule has 1 aliphatic heterocycles. The molecule has 2 heterocycles. The second kappa shape index (κ2) is 11.8. The summed E-state index contributed by atoms with van der Waals surface area (Å²) in [7, 11) is 1.70. The number of hydrogen-bond acceptors (Lipinski definition) is 5. The molecule has 4 rings (SSSR count). The Morgan fingerprint density at radius 1 is 1.03 bits per heavy atom. The molecule has 7 heteroatoms. The number of anilines is 1. The first-order valence-electron chi connectivity index (χ1n) is 13.0. The van der Waals surface area contributed by atoms with Crippen molar-refractivity contribution in [3.05, 3.63) is 87.6 Å². The number of aromatic nitrogens is 2. The molecule has 0 aliphatic carbocycles. The smallest absolute Gasteiger partial charge is 0.253 e. The van der Waals surface area contributed by atoms with Crippen LogP contribution >= 0.6 is 0 Å². The third-order valence-corrected chi connectivity index (χ3v) is 6.82. The quantitative estimate of drug-likeness (QED) is 0.426. The van der Waals surface area contributed by atoms with Crippen LogP contribution in [0.3, 0.4) is 0 Å². The van der Waals surface area contributed by atoms with Crippen molar-refractivity contribution in [2.24, 2.45) is 5.92 Å². The summed E-state index contributed by atoms with van der Waals surface area (Å²) in [5.74, 6) is 1.78. The number of ether oxygens (including phenoxy) is 1. The molecule has 3 aromatic rings. The standard InChI is InChI=1S/C30H37FN4O2/c1-20(2)16-28-32-27(19-37-5)26(18-24-17-21(3)6-7-22(24)4)29(33-28)34-12-14-35(15-13-34)30(36)23-8-10-25(31)11-9-23/h6-11,17,20H,12-16,18-19H2,1-5H3. The van der Waals surface area contributed by atoms with Gasteiger partial charge >= 0.3 is 0 Å². The van der Waals surface area contributed by atoms with E-state index >= 15 is 0 Å². The molecule has 0 spiro atoms. The van der Waals surface area contributed by atoms with Crippen LogP contribution in [-0.2, 0) is 24.2 Å². The fourth-order valence-electron chi connectivity index (χ4n) is 4.80. The summed E-state index contributed by atoms with van der Waals surface area (Å²) in [6, 6.07) is 12.3. The van der Waals surface area contributed by atoms with E-state index in [0.29, 0.717) is 44.3 Å². The lowest BCUT2D eigenvalue weighted by Gasteiger charge is -2.37. The first-order valence-corrected chi connectivity index (χ1v) is 13.0. The van der Waals surface area contributed by atoms with Crippen molar-refractivity contribution in [3.8, 4) is 0 Å². The van der Waals surface area contributed by atoms with E-state index in [9.17, 15) is 9.18 Å². The number of nitrogens with zero attached hydrogens (tertiary/aromatic N) is 4. The Bertz CT molecular complexity index is 1240. The van der Waals surface area contributed by atoms with E-state index in [-0.39, 0.29) is 11.7 Å². The Balaban J connectivity index is 1.65. The first kappa shape index (κ1) is 26.7. The summed E-state index contributed by atoms with van der Waals surface area (Å²) < 4.78 is 18.9. The van der Waals surface area contributed by atoms with Gasteiger partial charge in [0.15, 0.2) is 0 Å². The van der Waals surface area contributed by atoms with Gasteiger partial charge in [0.2, 0.25) is 0 Å². The van der Waals surface area contributed by atoms with Crippen molar-refractivity contribution in [1.82, 2.24) is 14.9 Å². The highest BCUT2D eigenvalue weighted by Gasteiger charge is 2.27. The van der Waals surface area contributed by atoms with Crippen LogP contribution in [0.1, 0.15) is 58.0 Å². The molecule has 1 aliphatic rings. The van der Waals surface area contributed by atoms with Gasteiger partial charge in [-0.3, -0.25) is 4.79 Å². The fraction of sp³-hybridized carbons (Fsp3) is 0.433. The van der Waals surface area contributed by atoms with Crippen LogP contribution in [0.25, 0.3) is 0 Å². The second-order valence-corrected chi connectivity index (χ2v) is 10.3. The number of rotatable bonds is 8. The normalized spacial score (nSPS) is 13.9. The van der Waals surface area contributed by atoms with Crippen LogP contribution in [-0.4, -0.2) is 54.1 Å². The highest BCUT2D eigenvalue weighted by molar-refractivity contribution is 5.94. The van der Waals surface area contributed by atoms with E-state index in [0.717, 1.165) is 35.7 Å². The van der Waals surface area contributed by atoms with Crippen molar-refractivity contribution in [2.75, 3.05) is 38.2 Å². The number of hydrogen-bond donors (Lipinski definition) is 0. The lowest BCUT2D eigenvalue weighted by atomic mass is 9.97. The Morgan fingerprint density at radius 3 is 2.38 bits per heavy atom. The predicted molar refractivity (Wildman–Crippen MR) is 145 cm³/mol. The molecule has 2 aromatic carbocycles. The fourth-order valence-corrected chi connectivity index (χ4v) is 4.80. The van der Waals surface area contributed by atoms with Gasteiger partial charge in [0.25, 0.3) is 5.91 Å². The molecule has 0 N–H and O–H groups in total. The van der Waals surface area contributed by atoms with Gasteiger partial charge in [-0.25, -0.2) is 14.4 Å². The second-order valence-electron chi connectivity index (χ2n) is 10.3. The minimum Gasteiger partial charge on any atom is -0.378 e. The molecule has 1 aromatic heterocycles. The largest absolute Gasteiger partial charge is 0.378 e. The van der Waals surface area contributed by atoms with Crippen LogP contribution in [0.5, 0.6) is 0 Å². The lowest BCUT2D eigenvalue weighted by molar-refractivity contribution is 0.0746. The van der Waals surface area contributed by atoms with Crippen LogP contribution < -0.4 is 4.90 Å². The monoisotopic (exact) mass is 504 g/mol. The zero-order chi connectivity index (χ0) is 26.5. The Labute approximate surface area is 219 Å². The lowest BCUT2D eigenvalue weighted by Crippen LogP contribution is -2.49. The Hall–Kier alpha value is -3.32. The average molecular weight is 505 g/mol. The van der Waals surface area contributed by atoms with Crippen molar-refractivity contribution in [2.45, 2.75) is 47.1 Å². The van der Waals surface area contributed by atoms with Gasteiger partial charge in [0.1, 0.15) is 17.5 Å². The SMILES string of the molecule is COCc1nc(CC(C)C)nc(N2CCN(C(=O)c3ccc(F)cc3)CC2)c1Cc1cc(C)ccc1C. The van der Waals surface area contributed by atoms with E-state index in [2.05, 4.69) is 50.8 Å². The van der Waals surface area contributed by atoms with E-state index in [1.165, 1.54) is 28.8 Å². The first-order chi connectivity index (χ1) is 17.7. The molecule has 0 saturated carbocycles. The Morgan fingerprint density at radius 2 is 1.73 bits per heavy atom. The number of amides is 1. The highest BCUT2D eigenvalue weighted by atomic mass is 19.1. The van der Waals surface area contributed by atoms with Gasteiger partial charge in [-0.1, -0.05) is 37.6 Å². The zero-order valence-corrected chi connectivity index (χ0v) is 22.6. The summed E-state index contributed by atoms with van der Waals surface area (Å²) in [5.41, 5.74) is 6.23. The molecule has 0 bridgehead atoms. The van der Waals surface area contributed by atoms with Crippen LogP contribution in [0.15, 0.2) is 42.5 Å². The van der Waals surface area contributed by atoms with E-state index in [1.54, 1.807) is 19.2 Å². The van der Waals surface area contributed by atoms with Crippen LogP contribution in [0, 0.1) is 25.6 Å². The molecular weight excluding hydrogens is 467 g/mol. The van der Waals surface area contributed by atoms with Gasteiger partial charge in [-0.15, -0.1) is 0 Å². The third kappa shape index (κ3) is 6.52. The number of carbonyl (C=O) groups excluding carboxylic acids is 1. The van der Waals surface area contributed by atoms with Gasteiger partial charge in [0, 0.05) is 57.3 Å². The minimum absolute atomic E-state index is 0.0708. The van der Waals surface area contributed by atoms with Gasteiger partial charge in [-0.05, 0) is 55.2 Å². The number of carbonyl (C=O) groups is 1. The predicted octanol–water partition coefficient (Wildman–Crippen LogP) is 5.13. The number of halogens is 1. The summed E-state index contributed by atoms with van der Waals surface area (Å²) >= 11 is 0. The molecule has 196 valence electrons. The maximum absolute atomic E-state index is 13.3. The van der Waals surface area contributed by atoms with Gasteiger partial charge < -0.3 is 14.5 Å². The van der Waals surface area contributed by atoms with Crippen molar-refractivity contribution >= 4 is 11.7 Å². The van der Waals surface area contributed by atoms with E-state index in [4.69, 9.17) is 14.7 Å². The van der Waals surface area contributed by atoms with Crippen molar-refractivity contribution in [3.63, 3.8) is 0 Å². The summed E-state index contributed by atoms with van der Waals surface area (Å²) in [6.07, 6.45) is 1.51. The van der Waals surface area contributed by atoms with Gasteiger partial charge in [-0.2, -0.15) is 0 Å². The Kier molecular flexibility index (Phi) is 8.54. The zero-order valence-electron chi connectivity index (χ0n) is 22.6. The summed E-state index contributed by atoms with van der Waals surface area (Å²) in [6.45, 7) is 11.5. The molecule has 37 heavy (non-hydrogen) atoms. The number of piperazine rings is 1. The molecule has 0 radical (unpaired) electrons. The van der Waals surface area contributed by atoms with Crippen LogP contribution in [0.2, 0.25) is 0 Å². The van der Waals surface area contributed by atoms with Crippen molar-refractivity contribution < 1.29 is 13.9 Å². The number of benzene rings is 2. The van der Waals surface area contributed by atoms with Crippen LogP contribution in [0.4, 0.5) is 10.2 Å². The van der Waals surface area contributed by atoms with E-state index in [1.807, 2.05) is 4.90 Å².